The number of nitrogens with zero attached hydrogens (tertiary/aromatic N) is 3. The maximum Gasteiger partial charge on any atom is 0.292 e. The topological polar surface area (TPSA) is 92.0 Å². The molecule has 0 unspecified atom stereocenters. The lowest BCUT2D eigenvalue weighted by Crippen LogP contribution is -2.36. The van der Waals surface area contributed by atoms with Crippen LogP contribution in [0.3, 0.4) is 0 Å². The molecule has 0 spiro atoms. The maximum atomic E-state index is 11.0. The van der Waals surface area contributed by atoms with E-state index in [2.05, 4.69) is 20.7 Å². The van der Waals surface area contributed by atoms with Crippen LogP contribution in [-0.2, 0) is 4.74 Å². The van der Waals surface area contributed by atoms with Gasteiger partial charge in [-0.05, 0) is 36.0 Å². The Labute approximate surface area is 162 Å². The van der Waals surface area contributed by atoms with Crippen LogP contribution < -0.4 is 15.6 Å². The molecule has 140 valence electrons. The van der Waals surface area contributed by atoms with Gasteiger partial charge in [0.25, 0.3) is 5.69 Å². The number of para-hydroxylation sites is 2. The lowest BCUT2D eigenvalue weighted by atomic mass is 10.2. The SMILES string of the molecule is O=[N+]([O-])c1ccccc1NC(=S)N/N=C\c1ccc(N2CCOCC2)cc1. The first-order valence-corrected chi connectivity index (χ1v) is 8.80. The smallest absolute Gasteiger partial charge is 0.292 e. The normalized spacial score (nSPS) is 14.1. The first-order valence-electron chi connectivity index (χ1n) is 8.40. The fraction of sp³-hybridized carbons (Fsp3) is 0.222. The van der Waals surface area contributed by atoms with E-state index in [4.69, 9.17) is 17.0 Å². The summed E-state index contributed by atoms with van der Waals surface area (Å²) in [7, 11) is 0. The zero-order valence-electron chi connectivity index (χ0n) is 14.5. The third-order valence-corrected chi connectivity index (χ3v) is 4.19. The van der Waals surface area contributed by atoms with Crippen molar-refractivity contribution in [3.63, 3.8) is 0 Å². The van der Waals surface area contributed by atoms with Crippen LogP contribution in [0.1, 0.15) is 5.56 Å². The molecule has 1 heterocycles. The van der Waals surface area contributed by atoms with Crippen LogP contribution in [0.4, 0.5) is 17.1 Å². The van der Waals surface area contributed by atoms with Gasteiger partial charge in [0.1, 0.15) is 5.69 Å². The molecule has 1 aliphatic heterocycles. The van der Waals surface area contributed by atoms with E-state index in [1.807, 2.05) is 24.3 Å². The van der Waals surface area contributed by atoms with Crippen molar-refractivity contribution in [3.05, 3.63) is 64.2 Å². The molecule has 2 N–H and O–H groups in total. The van der Waals surface area contributed by atoms with Gasteiger partial charge in [0.05, 0.1) is 24.4 Å². The predicted molar refractivity (Wildman–Crippen MR) is 110 cm³/mol. The average Bonchev–Trinajstić information content (AvgIpc) is 2.69. The number of morpholine rings is 1. The zero-order valence-corrected chi connectivity index (χ0v) is 15.3. The van der Waals surface area contributed by atoms with E-state index in [0.717, 1.165) is 37.6 Å². The summed E-state index contributed by atoms with van der Waals surface area (Å²) in [5.41, 5.74) is 4.98. The Balaban J connectivity index is 1.54. The molecular weight excluding hydrogens is 366 g/mol. The Hall–Kier alpha value is -3.04. The van der Waals surface area contributed by atoms with Crippen LogP contribution >= 0.6 is 12.2 Å². The lowest BCUT2D eigenvalue weighted by molar-refractivity contribution is -0.383. The standard InChI is InChI=1S/C18H19N5O3S/c24-23(25)17-4-2-1-3-16(17)20-18(27)21-19-13-14-5-7-15(8-6-14)22-9-11-26-12-10-22/h1-8,13H,9-12H2,(H2,20,21,27)/b19-13-. The number of nitrogens with one attached hydrogen (secondary N) is 2. The van der Waals surface area contributed by atoms with Crippen molar-refractivity contribution in [2.24, 2.45) is 5.10 Å². The van der Waals surface area contributed by atoms with Crippen molar-refractivity contribution < 1.29 is 9.66 Å². The summed E-state index contributed by atoms with van der Waals surface area (Å²) in [5.74, 6) is 0. The number of hydrazone groups is 1. The molecule has 0 radical (unpaired) electrons. The van der Waals surface area contributed by atoms with Crippen molar-refractivity contribution in [2.45, 2.75) is 0 Å². The molecule has 1 fully saturated rings. The first kappa shape index (κ1) is 18.7. The fourth-order valence-corrected chi connectivity index (χ4v) is 2.81. The van der Waals surface area contributed by atoms with Gasteiger partial charge < -0.3 is 15.0 Å². The highest BCUT2D eigenvalue weighted by Gasteiger charge is 2.13. The van der Waals surface area contributed by atoms with E-state index < -0.39 is 4.92 Å². The number of hydrogen-bond donors (Lipinski definition) is 2. The van der Waals surface area contributed by atoms with Gasteiger partial charge in [0.2, 0.25) is 0 Å². The van der Waals surface area contributed by atoms with Crippen molar-refractivity contribution in [3.8, 4) is 0 Å². The van der Waals surface area contributed by atoms with Crippen LogP contribution in [-0.4, -0.2) is 42.6 Å². The first-order chi connectivity index (χ1) is 13.1. The molecule has 8 nitrogen and oxygen atoms in total. The molecule has 0 amide bonds. The monoisotopic (exact) mass is 385 g/mol. The molecule has 2 aromatic rings. The molecule has 3 rings (SSSR count). The minimum absolute atomic E-state index is 0.0515. The molecule has 2 aromatic carbocycles. The molecule has 27 heavy (non-hydrogen) atoms. The Bertz CT molecular complexity index is 835. The minimum Gasteiger partial charge on any atom is -0.378 e. The summed E-state index contributed by atoms with van der Waals surface area (Å²) in [4.78, 5) is 12.8. The molecule has 1 aliphatic rings. The van der Waals surface area contributed by atoms with Gasteiger partial charge in [-0.1, -0.05) is 24.3 Å². The highest BCUT2D eigenvalue weighted by atomic mass is 32.1. The highest BCUT2D eigenvalue weighted by molar-refractivity contribution is 7.80. The molecule has 0 atom stereocenters. The van der Waals surface area contributed by atoms with Crippen LogP contribution in [0.2, 0.25) is 0 Å². The number of hydrogen-bond acceptors (Lipinski definition) is 6. The third kappa shape index (κ3) is 5.22. The number of thiocarbonyl (C=S) groups is 1. The van der Waals surface area contributed by atoms with E-state index in [1.54, 1.807) is 24.4 Å². The Morgan fingerprint density at radius 3 is 2.59 bits per heavy atom. The highest BCUT2D eigenvalue weighted by Crippen LogP contribution is 2.22. The van der Waals surface area contributed by atoms with Crippen molar-refractivity contribution in [1.29, 1.82) is 0 Å². The molecule has 1 saturated heterocycles. The van der Waals surface area contributed by atoms with E-state index in [9.17, 15) is 10.1 Å². The van der Waals surface area contributed by atoms with E-state index >= 15 is 0 Å². The van der Waals surface area contributed by atoms with Crippen LogP contribution in [0.25, 0.3) is 0 Å². The van der Waals surface area contributed by atoms with Crippen molar-refractivity contribution in [1.82, 2.24) is 5.43 Å². The van der Waals surface area contributed by atoms with Gasteiger partial charge in [-0.3, -0.25) is 15.5 Å². The zero-order chi connectivity index (χ0) is 19.1. The quantitative estimate of drug-likeness (QED) is 0.354. The van der Waals surface area contributed by atoms with Gasteiger partial charge >= 0.3 is 0 Å². The number of nitro groups is 1. The van der Waals surface area contributed by atoms with Crippen molar-refractivity contribution >= 4 is 40.6 Å². The predicted octanol–water partition coefficient (Wildman–Crippen LogP) is 2.75. The molecule has 9 heteroatoms. The second-order valence-corrected chi connectivity index (χ2v) is 6.20. The summed E-state index contributed by atoms with van der Waals surface area (Å²) in [5, 5.41) is 18.0. The van der Waals surface area contributed by atoms with Crippen molar-refractivity contribution in [2.75, 3.05) is 36.5 Å². The number of ether oxygens (including phenoxy) is 1. The number of rotatable bonds is 5. The van der Waals surface area contributed by atoms with Gasteiger partial charge in [-0.25, -0.2) is 0 Å². The van der Waals surface area contributed by atoms with E-state index in [0.29, 0.717) is 5.69 Å². The summed E-state index contributed by atoms with van der Waals surface area (Å²) >= 11 is 5.13. The molecule has 0 aliphatic carbocycles. The van der Waals surface area contributed by atoms with Gasteiger partial charge in [0, 0.05) is 24.8 Å². The average molecular weight is 385 g/mol. The Morgan fingerprint density at radius 1 is 1.19 bits per heavy atom. The van der Waals surface area contributed by atoms with Crippen LogP contribution in [0, 0.1) is 10.1 Å². The maximum absolute atomic E-state index is 11.0. The summed E-state index contributed by atoms with van der Waals surface area (Å²) < 4.78 is 5.36. The van der Waals surface area contributed by atoms with E-state index in [1.165, 1.54) is 6.07 Å². The van der Waals surface area contributed by atoms with Crippen LogP contribution in [0.15, 0.2) is 53.6 Å². The van der Waals surface area contributed by atoms with Crippen LogP contribution in [0.5, 0.6) is 0 Å². The summed E-state index contributed by atoms with van der Waals surface area (Å²) in [6.45, 7) is 3.27. The minimum atomic E-state index is -0.468. The second kappa shape index (κ2) is 9.06. The second-order valence-electron chi connectivity index (χ2n) is 5.79. The summed E-state index contributed by atoms with van der Waals surface area (Å²) in [6, 6.07) is 14.3. The fourth-order valence-electron chi connectivity index (χ4n) is 2.65. The molecular formula is C18H19N5O3S. The molecule has 0 bridgehead atoms. The summed E-state index contributed by atoms with van der Waals surface area (Å²) in [6.07, 6.45) is 1.64. The largest absolute Gasteiger partial charge is 0.378 e. The third-order valence-electron chi connectivity index (χ3n) is 4.00. The lowest BCUT2D eigenvalue weighted by Gasteiger charge is -2.28. The Kier molecular flexibility index (Phi) is 6.29. The van der Waals surface area contributed by atoms with E-state index in [-0.39, 0.29) is 10.8 Å². The van der Waals surface area contributed by atoms with Gasteiger partial charge in [-0.15, -0.1) is 0 Å². The number of anilines is 2. The number of nitro benzene ring substituents is 1. The Morgan fingerprint density at radius 2 is 1.89 bits per heavy atom. The molecule has 0 aromatic heterocycles. The number of benzene rings is 2. The molecule has 0 saturated carbocycles. The van der Waals surface area contributed by atoms with Gasteiger partial charge in [-0.2, -0.15) is 5.10 Å². The van der Waals surface area contributed by atoms with Gasteiger partial charge in [0.15, 0.2) is 5.11 Å².